The molecule has 0 heterocycles. The minimum atomic E-state index is -0.169. The summed E-state index contributed by atoms with van der Waals surface area (Å²) in [5.74, 6) is 2.45. The van der Waals surface area contributed by atoms with Crippen LogP contribution in [-0.2, 0) is 9.53 Å². The van der Waals surface area contributed by atoms with Gasteiger partial charge >= 0.3 is 5.97 Å². The molecular formula is C18H30O2. The van der Waals surface area contributed by atoms with Crippen LogP contribution in [0.2, 0.25) is 0 Å². The summed E-state index contributed by atoms with van der Waals surface area (Å²) in [4.78, 5) is 12.3. The maximum atomic E-state index is 12.3. The Morgan fingerprint density at radius 2 is 1.65 bits per heavy atom. The predicted octanol–water partition coefficient (Wildman–Crippen LogP) is 4.43. The molecule has 4 aliphatic carbocycles. The molecule has 3 atom stereocenters. The van der Waals surface area contributed by atoms with Gasteiger partial charge in [0.05, 0.1) is 5.92 Å². The lowest BCUT2D eigenvalue weighted by Crippen LogP contribution is -2.67. The molecule has 4 saturated carbocycles. The van der Waals surface area contributed by atoms with Crippen molar-refractivity contribution in [1.82, 2.24) is 0 Å². The van der Waals surface area contributed by atoms with Gasteiger partial charge in [-0.25, -0.2) is 0 Å². The fourth-order valence-electron chi connectivity index (χ4n) is 5.83. The highest BCUT2D eigenvalue weighted by atomic mass is 16.6. The van der Waals surface area contributed by atoms with Gasteiger partial charge in [-0.2, -0.15) is 0 Å². The molecule has 4 aliphatic rings. The zero-order valence-corrected chi connectivity index (χ0v) is 13.7. The molecule has 2 heteroatoms. The molecule has 0 radical (unpaired) electrons. The summed E-state index contributed by atoms with van der Waals surface area (Å²) in [5, 5.41) is 0. The Morgan fingerprint density at radius 1 is 1.05 bits per heavy atom. The Kier molecular flexibility index (Phi) is 3.23. The lowest BCUT2D eigenvalue weighted by atomic mass is 9.39. The molecule has 0 aromatic heterocycles. The van der Waals surface area contributed by atoms with Gasteiger partial charge in [0.15, 0.2) is 0 Å². The molecule has 20 heavy (non-hydrogen) atoms. The molecule has 3 bridgehead atoms. The van der Waals surface area contributed by atoms with Gasteiger partial charge in [0.2, 0.25) is 0 Å². The second-order valence-corrected chi connectivity index (χ2v) is 8.64. The number of hydrogen-bond donors (Lipinski definition) is 0. The molecule has 4 rings (SSSR count). The predicted molar refractivity (Wildman–Crippen MR) is 80.2 cm³/mol. The van der Waals surface area contributed by atoms with Gasteiger partial charge in [0, 0.05) is 11.8 Å². The first-order chi connectivity index (χ1) is 9.29. The Hall–Kier alpha value is -0.530. The summed E-state index contributed by atoms with van der Waals surface area (Å²) in [6, 6.07) is 0. The highest BCUT2D eigenvalue weighted by Gasteiger charge is 2.67. The van der Waals surface area contributed by atoms with Crippen LogP contribution in [-0.4, -0.2) is 11.6 Å². The number of carbonyl (C=O) groups excluding carboxylic acids is 1. The van der Waals surface area contributed by atoms with E-state index in [4.69, 9.17) is 4.74 Å². The van der Waals surface area contributed by atoms with Crippen molar-refractivity contribution in [3.63, 3.8) is 0 Å². The van der Waals surface area contributed by atoms with Crippen LogP contribution < -0.4 is 0 Å². The largest absolute Gasteiger partial charge is 0.458 e. The van der Waals surface area contributed by atoms with E-state index < -0.39 is 0 Å². The molecule has 2 nitrogen and oxygen atoms in total. The van der Waals surface area contributed by atoms with Crippen molar-refractivity contribution in [1.29, 1.82) is 0 Å². The van der Waals surface area contributed by atoms with Gasteiger partial charge in [0.25, 0.3) is 0 Å². The zero-order chi connectivity index (χ0) is 14.7. The molecule has 0 amide bonds. The van der Waals surface area contributed by atoms with Gasteiger partial charge in [0.1, 0.15) is 5.60 Å². The van der Waals surface area contributed by atoms with Gasteiger partial charge < -0.3 is 4.74 Å². The number of esters is 1. The van der Waals surface area contributed by atoms with Crippen molar-refractivity contribution in [3.05, 3.63) is 0 Å². The molecule has 0 saturated heterocycles. The Labute approximate surface area is 123 Å². The third-order valence-corrected chi connectivity index (χ3v) is 6.43. The Balaban J connectivity index is 1.91. The molecule has 0 aromatic rings. The first-order valence-electron chi connectivity index (χ1n) is 8.52. The van der Waals surface area contributed by atoms with E-state index in [0.717, 1.165) is 5.92 Å². The second-order valence-electron chi connectivity index (χ2n) is 8.64. The highest BCUT2D eigenvalue weighted by molar-refractivity contribution is 5.72. The lowest BCUT2D eigenvalue weighted by Gasteiger charge is -2.69. The first-order valence-corrected chi connectivity index (χ1v) is 8.52. The Bertz CT molecular complexity index is 406. The maximum absolute atomic E-state index is 12.3. The number of ether oxygens (including phenoxy) is 1. The van der Waals surface area contributed by atoms with E-state index in [9.17, 15) is 4.79 Å². The van der Waals surface area contributed by atoms with Crippen LogP contribution in [0.1, 0.15) is 66.7 Å². The van der Waals surface area contributed by atoms with Crippen molar-refractivity contribution in [2.24, 2.45) is 35.0 Å². The fourth-order valence-corrected chi connectivity index (χ4v) is 5.83. The van der Waals surface area contributed by atoms with Crippen molar-refractivity contribution >= 4 is 5.97 Å². The van der Waals surface area contributed by atoms with Crippen LogP contribution in [0, 0.1) is 35.0 Å². The van der Waals surface area contributed by atoms with Crippen molar-refractivity contribution in [2.75, 3.05) is 0 Å². The highest BCUT2D eigenvalue weighted by Crippen LogP contribution is 2.70. The normalized spacial score (nSPS) is 46.2. The molecular weight excluding hydrogens is 248 g/mol. The average Bonchev–Trinajstić information content (AvgIpc) is 2.30. The van der Waals surface area contributed by atoms with Crippen LogP contribution in [0.15, 0.2) is 0 Å². The van der Waals surface area contributed by atoms with Gasteiger partial charge in [-0.05, 0) is 49.4 Å². The topological polar surface area (TPSA) is 26.3 Å². The van der Waals surface area contributed by atoms with Crippen molar-refractivity contribution in [2.45, 2.75) is 72.3 Å². The molecule has 114 valence electrons. The third-order valence-electron chi connectivity index (χ3n) is 6.43. The third kappa shape index (κ3) is 1.86. The Morgan fingerprint density at radius 3 is 2.20 bits per heavy atom. The van der Waals surface area contributed by atoms with E-state index in [1.165, 1.54) is 32.1 Å². The molecule has 0 aromatic carbocycles. The van der Waals surface area contributed by atoms with E-state index in [1.54, 1.807) is 0 Å². The van der Waals surface area contributed by atoms with Gasteiger partial charge in [-0.1, -0.05) is 34.6 Å². The monoisotopic (exact) mass is 278 g/mol. The minimum Gasteiger partial charge on any atom is -0.458 e. The van der Waals surface area contributed by atoms with E-state index in [1.807, 2.05) is 13.8 Å². The summed E-state index contributed by atoms with van der Waals surface area (Å²) in [6.07, 6.45) is 6.57. The zero-order valence-electron chi connectivity index (χ0n) is 13.7. The van der Waals surface area contributed by atoms with E-state index in [-0.39, 0.29) is 17.5 Å². The number of rotatable bonds is 3. The summed E-state index contributed by atoms with van der Waals surface area (Å²) < 4.78 is 6.24. The van der Waals surface area contributed by atoms with Crippen LogP contribution in [0.5, 0.6) is 0 Å². The lowest BCUT2D eigenvalue weighted by molar-refractivity contribution is -0.262. The van der Waals surface area contributed by atoms with Gasteiger partial charge in [-0.3, -0.25) is 4.79 Å². The van der Waals surface area contributed by atoms with E-state index in [0.29, 0.717) is 23.2 Å². The second kappa shape index (κ2) is 4.48. The quantitative estimate of drug-likeness (QED) is 0.714. The fraction of sp³-hybridized carbons (Fsp3) is 0.944. The van der Waals surface area contributed by atoms with Crippen LogP contribution in [0.4, 0.5) is 0 Å². The first kappa shape index (κ1) is 14.4. The van der Waals surface area contributed by atoms with Crippen LogP contribution in [0.3, 0.4) is 0 Å². The van der Waals surface area contributed by atoms with E-state index in [2.05, 4.69) is 20.8 Å². The van der Waals surface area contributed by atoms with Gasteiger partial charge in [-0.15, -0.1) is 0 Å². The number of hydrogen-bond acceptors (Lipinski definition) is 2. The maximum Gasteiger partial charge on any atom is 0.308 e. The molecule has 0 N–H and O–H groups in total. The van der Waals surface area contributed by atoms with E-state index >= 15 is 0 Å². The standard InChI is InChI=1S/C18H30O2/c1-11(2)16(19)20-18(12(3)4)14-6-13(5)7-17(8-14)9-15(18)10-17/h11-15H,6-10H2,1-5H3. The average molecular weight is 278 g/mol. The molecule has 4 fully saturated rings. The molecule has 1 spiro atoms. The minimum absolute atomic E-state index is 0.0105. The summed E-state index contributed by atoms with van der Waals surface area (Å²) >= 11 is 0. The van der Waals surface area contributed by atoms with Crippen LogP contribution in [0.25, 0.3) is 0 Å². The van der Waals surface area contributed by atoms with Crippen LogP contribution >= 0.6 is 0 Å². The summed E-state index contributed by atoms with van der Waals surface area (Å²) in [7, 11) is 0. The number of carbonyl (C=O) groups is 1. The summed E-state index contributed by atoms with van der Waals surface area (Å²) in [6.45, 7) is 10.8. The smallest absolute Gasteiger partial charge is 0.308 e. The van der Waals surface area contributed by atoms with Crippen molar-refractivity contribution in [3.8, 4) is 0 Å². The molecule has 3 unspecified atom stereocenters. The summed E-state index contributed by atoms with van der Waals surface area (Å²) in [5.41, 5.74) is 0.452. The molecule has 0 aliphatic heterocycles. The van der Waals surface area contributed by atoms with Crippen molar-refractivity contribution < 1.29 is 9.53 Å². The SMILES string of the molecule is CC1CC2CC3(C1)CC(C3)C2(OC(=O)C(C)C)C(C)C.